The van der Waals surface area contributed by atoms with E-state index < -0.39 is 11.6 Å². The van der Waals surface area contributed by atoms with Crippen molar-refractivity contribution in [1.29, 1.82) is 0 Å². The largest absolute Gasteiger partial charge is 0.479 e. The molecule has 0 saturated carbocycles. The Labute approximate surface area is 101 Å². The minimum Gasteiger partial charge on any atom is -0.479 e. The van der Waals surface area contributed by atoms with Gasteiger partial charge in [-0.1, -0.05) is 0 Å². The van der Waals surface area contributed by atoms with Gasteiger partial charge in [-0.25, -0.2) is 4.79 Å². The molecule has 17 heavy (non-hydrogen) atoms. The predicted octanol–water partition coefficient (Wildman–Crippen LogP) is -0.705. The fourth-order valence-corrected chi connectivity index (χ4v) is 1.96. The van der Waals surface area contributed by atoms with Gasteiger partial charge in [0.2, 0.25) is 0 Å². The molecule has 0 radical (unpaired) electrons. The van der Waals surface area contributed by atoms with Gasteiger partial charge in [0.25, 0.3) is 0 Å². The van der Waals surface area contributed by atoms with Crippen molar-refractivity contribution >= 4 is 5.97 Å². The van der Waals surface area contributed by atoms with Crippen LogP contribution in [0.25, 0.3) is 0 Å². The predicted molar refractivity (Wildman–Crippen MR) is 60.8 cm³/mol. The second-order valence-electron chi connectivity index (χ2n) is 4.65. The zero-order chi connectivity index (χ0) is 12.9. The van der Waals surface area contributed by atoms with Crippen LogP contribution in [0, 0.1) is 0 Å². The van der Waals surface area contributed by atoms with Crippen molar-refractivity contribution in [2.75, 3.05) is 32.8 Å². The van der Waals surface area contributed by atoms with Crippen molar-refractivity contribution in [3.05, 3.63) is 0 Å². The van der Waals surface area contributed by atoms with Gasteiger partial charge in [0.1, 0.15) is 0 Å². The lowest BCUT2D eigenvalue weighted by Crippen LogP contribution is -2.49. The van der Waals surface area contributed by atoms with Gasteiger partial charge in [-0.2, -0.15) is 0 Å². The van der Waals surface area contributed by atoms with Gasteiger partial charge in [0.15, 0.2) is 5.60 Å². The molecule has 0 bridgehead atoms. The summed E-state index contributed by atoms with van der Waals surface area (Å²) in [4.78, 5) is 12.7. The van der Waals surface area contributed by atoms with Crippen LogP contribution in [0.15, 0.2) is 0 Å². The Hall–Kier alpha value is -0.690. The first-order valence-electron chi connectivity index (χ1n) is 5.86. The molecule has 1 aliphatic heterocycles. The van der Waals surface area contributed by atoms with Crippen molar-refractivity contribution in [3.63, 3.8) is 0 Å². The maximum absolute atomic E-state index is 10.8. The zero-order valence-corrected chi connectivity index (χ0v) is 10.1. The molecule has 0 aromatic carbocycles. The van der Waals surface area contributed by atoms with E-state index in [1.807, 2.05) is 4.90 Å². The number of hydrogen-bond acceptors (Lipinski definition) is 5. The van der Waals surface area contributed by atoms with Crippen LogP contribution in [-0.2, 0) is 9.53 Å². The van der Waals surface area contributed by atoms with E-state index in [9.17, 15) is 9.90 Å². The first kappa shape index (κ1) is 14.4. The summed E-state index contributed by atoms with van der Waals surface area (Å²) in [6, 6.07) is 0. The summed E-state index contributed by atoms with van der Waals surface area (Å²) in [5, 5.41) is 27.1. The maximum atomic E-state index is 10.8. The summed E-state index contributed by atoms with van der Waals surface area (Å²) in [5.74, 6) is -1.20. The lowest BCUT2D eigenvalue weighted by molar-refractivity contribution is -0.159. The number of aliphatic hydroxyl groups is 2. The fraction of sp³-hybridized carbons (Fsp3) is 0.909. The van der Waals surface area contributed by atoms with Gasteiger partial charge in [0.05, 0.1) is 19.3 Å². The SMILES string of the molecule is CC(O)(CN1CCC(OCCO)CC1)C(=O)O. The van der Waals surface area contributed by atoms with Crippen LogP contribution in [0.5, 0.6) is 0 Å². The molecule has 1 atom stereocenters. The monoisotopic (exact) mass is 247 g/mol. The molecule has 3 N–H and O–H groups in total. The minimum atomic E-state index is -1.70. The molecule has 0 amide bonds. The highest BCUT2D eigenvalue weighted by Gasteiger charge is 2.33. The molecule has 1 aliphatic rings. The van der Waals surface area contributed by atoms with Crippen molar-refractivity contribution in [1.82, 2.24) is 4.90 Å². The van der Waals surface area contributed by atoms with E-state index >= 15 is 0 Å². The lowest BCUT2D eigenvalue weighted by Gasteiger charge is -2.34. The van der Waals surface area contributed by atoms with Crippen molar-refractivity contribution in [2.45, 2.75) is 31.5 Å². The van der Waals surface area contributed by atoms with Crippen LogP contribution < -0.4 is 0 Å². The van der Waals surface area contributed by atoms with E-state index in [-0.39, 0.29) is 19.3 Å². The van der Waals surface area contributed by atoms with E-state index in [4.69, 9.17) is 14.9 Å². The number of piperidine rings is 1. The molecule has 6 nitrogen and oxygen atoms in total. The number of ether oxygens (including phenoxy) is 1. The summed E-state index contributed by atoms with van der Waals surface area (Å²) in [6.45, 7) is 3.23. The van der Waals surface area contributed by atoms with Crippen molar-refractivity contribution in [2.24, 2.45) is 0 Å². The molecule has 1 unspecified atom stereocenters. The second kappa shape index (κ2) is 6.30. The van der Waals surface area contributed by atoms with Gasteiger partial charge in [-0.3, -0.25) is 4.90 Å². The molecule has 1 rings (SSSR count). The van der Waals surface area contributed by atoms with Crippen LogP contribution in [0.3, 0.4) is 0 Å². The average Bonchev–Trinajstić information content (AvgIpc) is 2.27. The molecule has 0 aromatic heterocycles. The Balaban J connectivity index is 2.30. The molecule has 1 saturated heterocycles. The van der Waals surface area contributed by atoms with Gasteiger partial charge < -0.3 is 20.1 Å². The summed E-state index contributed by atoms with van der Waals surface area (Å²) < 4.78 is 5.40. The number of aliphatic hydroxyl groups excluding tert-OH is 1. The van der Waals surface area contributed by atoms with Crippen LogP contribution in [-0.4, -0.2) is 70.7 Å². The van der Waals surface area contributed by atoms with Crippen LogP contribution in [0.4, 0.5) is 0 Å². The third-order valence-electron chi connectivity index (χ3n) is 2.97. The Bertz CT molecular complexity index is 248. The van der Waals surface area contributed by atoms with Gasteiger partial charge in [0, 0.05) is 19.6 Å². The number of carboxylic acid groups (broad SMARTS) is 1. The molecule has 1 heterocycles. The number of carbonyl (C=O) groups is 1. The number of β-amino-alcohol motifs (C(OH)–C–C–N with tert-alkyl or cyclic N) is 1. The highest BCUT2D eigenvalue weighted by atomic mass is 16.5. The topological polar surface area (TPSA) is 90.2 Å². The number of hydrogen-bond donors (Lipinski definition) is 3. The normalized spacial score (nSPS) is 22.3. The third-order valence-corrected chi connectivity index (χ3v) is 2.97. The Kier molecular flexibility index (Phi) is 5.32. The van der Waals surface area contributed by atoms with E-state index in [2.05, 4.69) is 0 Å². The number of nitrogens with zero attached hydrogens (tertiary/aromatic N) is 1. The minimum absolute atomic E-state index is 0.0218. The lowest BCUT2D eigenvalue weighted by atomic mass is 10.0. The number of carboxylic acids is 1. The van der Waals surface area contributed by atoms with Crippen molar-refractivity contribution < 1.29 is 24.9 Å². The first-order chi connectivity index (χ1) is 7.95. The van der Waals surface area contributed by atoms with Crippen LogP contribution in [0.1, 0.15) is 19.8 Å². The first-order valence-corrected chi connectivity index (χ1v) is 5.86. The van der Waals surface area contributed by atoms with Gasteiger partial charge in [-0.05, 0) is 19.8 Å². The zero-order valence-electron chi connectivity index (χ0n) is 10.1. The van der Waals surface area contributed by atoms with Gasteiger partial charge in [-0.15, -0.1) is 0 Å². The van der Waals surface area contributed by atoms with E-state index in [1.165, 1.54) is 6.92 Å². The molecular formula is C11H21NO5. The molecular weight excluding hydrogens is 226 g/mol. The maximum Gasteiger partial charge on any atom is 0.336 e. The van der Waals surface area contributed by atoms with Crippen molar-refractivity contribution in [3.8, 4) is 0 Å². The third kappa shape index (κ3) is 4.59. The fourth-order valence-electron chi connectivity index (χ4n) is 1.96. The summed E-state index contributed by atoms with van der Waals surface area (Å²) in [6.07, 6.45) is 1.74. The second-order valence-corrected chi connectivity index (χ2v) is 4.65. The molecule has 6 heteroatoms. The molecule has 100 valence electrons. The highest BCUT2D eigenvalue weighted by Crippen LogP contribution is 2.16. The van der Waals surface area contributed by atoms with E-state index in [0.29, 0.717) is 19.7 Å². The molecule has 1 fully saturated rings. The number of likely N-dealkylation sites (tertiary alicyclic amines) is 1. The average molecular weight is 247 g/mol. The molecule has 0 spiro atoms. The van der Waals surface area contributed by atoms with Crippen LogP contribution >= 0.6 is 0 Å². The van der Waals surface area contributed by atoms with E-state index in [0.717, 1.165) is 12.8 Å². The Morgan fingerprint density at radius 1 is 1.47 bits per heavy atom. The standard InChI is InChI=1S/C11H21NO5/c1-11(16,10(14)15)8-12-4-2-9(3-5-12)17-7-6-13/h9,13,16H,2-8H2,1H3,(H,14,15). The van der Waals surface area contributed by atoms with E-state index in [1.54, 1.807) is 0 Å². The number of aliphatic carboxylic acids is 1. The summed E-state index contributed by atoms with van der Waals surface area (Å²) >= 11 is 0. The van der Waals surface area contributed by atoms with Crippen LogP contribution in [0.2, 0.25) is 0 Å². The quantitative estimate of drug-likeness (QED) is 0.575. The number of rotatable bonds is 6. The van der Waals surface area contributed by atoms with Gasteiger partial charge >= 0.3 is 5.97 Å². The smallest absolute Gasteiger partial charge is 0.336 e. The molecule has 0 aromatic rings. The summed E-state index contributed by atoms with van der Waals surface area (Å²) in [5.41, 5.74) is -1.70. The Morgan fingerprint density at radius 3 is 2.53 bits per heavy atom. The molecule has 0 aliphatic carbocycles. The Morgan fingerprint density at radius 2 is 2.06 bits per heavy atom. The highest BCUT2D eigenvalue weighted by molar-refractivity contribution is 5.76. The summed E-state index contributed by atoms with van der Waals surface area (Å²) in [7, 11) is 0.